The lowest BCUT2D eigenvalue weighted by Crippen LogP contribution is -2.18. The Labute approximate surface area is 103 Å². The monoisotopic (exact) mass is 227 g/mol. The standard InChI is InChI=1S/C14H17N3/c1-5-7-12(6-2)17-14-8-10(3)16-11(4)13(14)9-15/h2,8,12H,5,7H2,1,3-4H3,(H,16,17). The summed E-state index contributed by atoms with van der Waals surface area (Å²) in [5.41, 5.74) is 2.99. The number of hydrogen-bond acceptors (Lipinski definition) is 3. The number of aryl methyl sites for hydroxylation is 2. The summed E-state index contributed by atoms with van der Waals surface area (Å²) in [6, 6.07) is 4.00. The van der Waals surface area contributed by atoms with E-state index in [9.17, 15) is 0 Å². The van der Waals surface area contributed by atoms with E-state index in [1.54, 1.807) is 0 Å². The molecule has 0 aliphatic carbocycles. The maximum Gasteiger partial charge on any atom is 0.103 e. The van der Waals surface area contributed by atoms with Crippen LogP contribution < -0.4 is 5.32 Å². The molecule has 1 atom stereocenters. The van der Waals surface area contributed by atoms with Gasteiger partial charge in [0.2, 0.25) is 0 Å². The van der Waals surface area contributed by atoms with Gasteiger partial charge in [-0.15, -0.1) is 6.42 Å². The summed E-state index contributed by atoms with van der Waals surface area (Å²) < 4.78 is 0. The maximum atomic E-state index is 9.12. The van der Waals surface area contributed by atoms with Crippen LogP contribution >= 0.6 is 0 Å². The van der Waals surface area contributed by atoms with Gasteiger partial charge in [-0.3, -0.25) is 4.98 Å². The van der Waals surface area contributed by atoms with Gasteiger partial charge in [0.05, 0.1) is 23.0 Å². The first-order chi connectivity index (χ1) is 8.12. The van der Waals surface area contributed by atoms with Crippen LogP contribution in [0.15, 0.2) is 6.07 Å². The second-order valence-electron chi connectivity index (χ2n) is 4.04. The van der Waals surface area contributed by atoms with Gasteiger partial charge in [-0.2, -0.15) is 5.26 Å². The third-order valence-electron chi connectivity index (χ3n) is 2.55. The molecule has 3 heteroatoms. The van der Waals surface area contributed by atoms with Crippen molar-refractivity contribution in [2.24, 2.45) is 0 Å². The predicted molar refractivity (Wildman–Crippen MR) is 69.6 cm³/mol. The number of aromatic nitrogens is 1. The van der Waals surface area contributed by atoms with E-state index < -0.39 is 0 Å². The number of nitrogens with one attached hydrogen (secondary N) is 1. The van der Waals surface area contributed by atoms with E-state index in [0.29, 0.717) is 5.56 Å². The number of anilines is 1. The highest BCUT2D eigenvalue weighted by molar-refractivity contribution is 5.60. The Balaban J connectivity index is 3.06. The molecule has 0 fully saturated rings. The molecule has 0 amide bonds. The van der Waals surface area contributed by atoms with E-state index in [2.05, 4.69) is 29.2 Å². The SMILES string of the molecule is C#CC(CCC)Nc1cc(C)nc(C)c1C#N. The van der Waals surface area contributed by atoms with E-state index in [-0.39, 0.29) is 6.04 Å². The minimum absolute atomic E-state index is 0.0340. The first-order valence-electron chi connectivity index (χ1n) is 5.73. The van der Waals surface area contributed by atoms with Gasteiger partial charge in [-0.05, 0) is 26.3 Å². The molecule has 1 unspecified atom stereocenters. The van der Waals surface area contributed by atoms with E-state index >= 15 is 0 Å². The van der Waals surface area contributed by atoms with Crippen molar-refractivity contribution in [3.63, 3.8) is 0 Å². The summed E-state index contributed by atoms with van der Waals surface area (Å²) in [6.45, 7) is 5.83. The molecule has 17 heavy (non-hydrogen) atoms. The molecule has 0 saturated heterocycles. The molecule has 1 N–H and O–H groups in total. The molecule has 88 valence electrons. The fraction of sp³-hybridized carbons (Fsp3) is 0.429. The third-order valence-corrected chi connectivity index (χ3v) is 2.55. The van der Waals surface area contributed by atoms with Crippen LogP contribution in [0, 0.1) is 37.5 Å². The van der Waals surface area contributed by atoms with Crippen molar-refractivity contribution in [1.82, 2.24) is 4.98 Å². The van der Waals surface area contributed by atoms with Crippen molar-refractivity contribution in [3.05, 3.63) is 23.0 Å². The van der Waals surface area contributed by atoms with Crippen LogP contribution in [0.3, 0.4) is 0 Å². The lowest BCUT2D eigenvalue weighted by molar-refractivity contribution is 0.755. The molecule has 0 aliphatic rings. The zero-order valence-electron chi connectivity index (χ0n) is 10.5. The van der Waals surface area contributed by atoms with E-state index in [1.165, 1.54) is 0 Å². The molecular formula is C14H17N3. The molecule has 0 aliphatic heterocycles. The molecule has 0 aromatic carbocycles. The van der Waals surface area contributed by atoms with Crippen molar-refractivity contribution in [1.29, 1.82) is 5.26 Å². The zero-order chi connectivity index (χ0) is 12.8. The van der Waals surface area contributed by atoms with Gasteiger partial charge in [0.25, 0.3) is 0 Å². The topological polar surface area (TPSA) is 48.7 Å². The van der Waals surface area contributed by atoms with Crippen molar-refractivity contribution >= 4 is 5.69 Å². The van der Waals surface area contributed by atoms with Gasteiger partial charge in [-0.1, -0.05) is 19.3 Å². The minimum atomic E-state index is -0.0340. The molecule has 1 aromatic rings. The van der Waals surface area contributed by atoms with E-state index in [0.717, 1.165) is 29.9 Å². The van der Waals surface area contributed by atoms with Gasteiger partial charge in [0, 0.05) is 5.69 Å². The minimum Gasteiger partial charge on any atom is -0.370 e. The van der Waals surface area contributed by atoms with Crippen LogP contribution in [0.4, 0.5) is 5.69 Å². The molecular weight excluding hydrogens is 210 g/mol. The van der Waals surface area contributed by atoms with Gasteiger partial charge in [0.1, 0.15) is 6.07 Å². The zero-order valence-corrected chi connectivity index (χ0v) is 10.5. The normalized spacial score (nSPS) is 11.4. The number of nitriles is 1. The van der Waals surface area contributed by atoms with Crippen LogP contribution in [-0.2, 0) is 0 Å². The quantitative estimate of drug-likeness (QED) is 0.805. The van der Waals surface area contributed by atoms with Crippen LogP contribution in [0.2, 0.25) is 0 Å². The molecule has 0 bridgehead atoms. The summed E-state index contributed by atoms with van der Waals surface area (Å²) in [4.78, 5) is 4.27. The number of terminal acetylenes is 1. The maximum absolute atomic E-state index is 9.12. The first-order valence-corrected chi connectivity index (χ1v) is 5.73. The number of rotatable bonds is 4. The van der Waals surface area contributed by atoms with Crippen LogP contribution in [0.5, 0.6) is 0 Å². The van der Waals surface area contributed by atoms with Crippen molar-refractivity contribution in [2.75, 3.05) is 5.32 Å². The largest absolute Gasteiger partial charge is 0.370 e. The molecule has 1 heterocycles. The molecule has 0 radical (unpaired) electrons. The second kappa shape index (κ2) is 5.92. The fourth-order valence-electron chi connectivity index (χ4n) is 1.76. The smallest absolute Gasteiger partial charge is 0.103 e. The van der Waals surface area contributed by atoms with Crippen molar-refractivity contribution in [2.45, 2.75) is 39.7 Å². The lowest BCUT2D eigenvalue weighted by atomic mass is 10.1. The van der Waals surface area contributed by atoms with Gasteiger partial charge in [0.15, 0.2) is 0 Å². The van der Waals surface area contributed by atoms with Gasteiger partial charge >= 0.3 is 0 Å². The summed E-state index contributed by atoms with van der Waals surface area (Å²) in [6.07, 6.45) is 7.36. The summed E-state index contributed by atoms with van der Waals surface area (Å²) in [5, 5.41) is 12.4. The summed E-state index contributed by atoms with van der Waals surface area (Å²) >= 11 is 0. The Morgan fingerprint density at radius 3 is 2.76 bits per heavy atom. The molecule has 0 spiro atoms. The van der Waals surface area contributed by atoms with Crippen molar-refractivity contribution < 1.29 is 0 Å². The van der Waals surface area contributed by atoms with Crippen LogP contribution in [0.25, 0.3) is 0 Å². The Kier molecular flexibility index (Phi) is 4.55. The Bertz CT molecular complexity index is 477. The summed E-state index contributed by atoms with van der Waals surface area (Å²) in [7, 11) is 0. The van der Waals surface area contributed by atoms with Gasteiger partial charge in [-0.25, -0.2) is 0 Å². The van der Waals surface area contributed by atoms with Crippen molar-refractivity contribution in [3.8, 4) is 18.4 Å². The average Bonchev–Trinajstić information content (AvgIpc) is 2.28. The number of hydrogen-bond donors (Lipinski definition) is 1. The molecule has 1 aromatic heterocycles. The van der Waals surface area contributed by atoms with Gasteiger partial charge < -0.3 is 5.32 Å². The Hall–Kier alpha value is -2.00. The third kappa shape index (κ3) is 3.23. The molecule has 3 nitrogen and oxygen atoms in total. The fourth-order valence-corrected chi connectivity index (χ4v) is 1.76. The second-order valence-corrected chi connectivity index (χ2v) is 4.04. The number of nitrogens with zero attached hydrogens (tertiary/aromatic N) is 2. The van der Waals surface area contributed by atoms with E-state index in [1.807, 2.05) is 19.9 Å². The highest BCUT2D eigenvalue weighted by Gasteiger charge is 2.11. The van der Waals surface area contributed by atoms with Crippen LogP contribution in [-0.4, -0.2) is 11.0 Å². The highest BCUT2D eigenvalue weighted by atomic mass is 14.9. The first kappa shape index (κ1) is 13.1. The number of pyridine rings is 1. The Morgan fingerprint density at radius 1 is 1.53 bits per heavy atom. The van der Waals surface area contributed by atoms with Crippen LogP contribution in [0.1, 0.15) is 36.7 Å². The van der Waals surface area contributed by atoms with E-state index in [4.69, 9.17) is 11.7 Å². The Morgan fingerprint density at radius 2 is 2.24 bits per heavy atom. The lowest BCUT2D eigenvalue weighted by Gasteiger charge is -2.16. The average molecular weight is 227 g/mol. The molecule has 0 saturated carbocycles. The highest BCUT2D eigenvalue weighted by Crippen LogP contribution is 2.20. The predicted octanol–water partition coefficient (Wildman–Crippen LogP) is 2.78. The summed E-state index contributed by atoms with van der Waals surface area (Å²) in [5.74, 6) is 2.70. The molecule has 1 rings (SSSR count).